The highest BCUT2D eigenvalue weighted by Gasteiger charge is 2.19. The van der Waals surface area contributed by atoms with Gasteiger partial charge in [-0.2, -0.15) is 0 Å². The Morgan fingerprint density at radius 3 is 2.75 bits per heavy atom. The molecule has 104 valence electrons. The molecule has 0 spiro atoms. The van der Waals surface area contributed by atoms with Gasteiger partial charge in [0.2, 0.25) is 0 Å². The number of carbonyl (C=O) groups excluding carboxylic acids is 1. The van der Waals surface area contributed by atoms with E-state index in [2.05, 4.69) is 9.97 Å². The van der Waals surface area contributed by atoms with Gasteiger partial charge in [-0.1, -0.05) is 41.6 Å². The Balaban J connectivity index is 2.58. The maximum Gasteiger partial charge on any atom is 0.357 e. The summed E-state index contributed by atoms with van der Waals surface area (Å²) in [5.74, 6) is -0.472. The molecule has 2 rings (SSSR count). The number of nitrogens with zero attached hydrogens (tertiary/aromatic N) is 2. The van der Waals surface area contributed by atoms with Crippen LogP contribution in [0.25, 0.3) is 11.1 Å². The summed E-state index contributed by atoms with van der Waals surface area (Å²) in [6.45, 7) is 2.04. The van der Waals surface area contributed by atoms with Gasteiger partial charge in [0.05, 0.1) is 6.61 Å². The molecule has 2 aromatic rings. The first kappa shape index (κ1) is 14.8. The van der Waals surface area contributed by atoms with Crippen LogP contribution in [0.15, 0.2) is 35.6 Å². The monoisotopic (exact) mass is 308 g/mol. The number of hydrogen-bond acceptors (Lipinski definition) is 5. The lowest BCUT2D eigenvalue weighted by atomic mass is 10.1. The Hall–Kier alpha value is -1.59. The third-order valence-corrected chi connectivity index (χ3v) is 3.47. The molecule has 1 heterocycles. The number of halogens is 1. The maximum absolute atomic E-state index is 12.1. The zero-order chi connectivity index (χ0) is 14.5. The lowest BCUT2D eigenvalue weighted by Crippen LogP contribution is -2.10. The summed E-state index contributed by atoms with van der Waals surface area (Å²) in [5, 5.41) is 1.06. The topological polar surface area (TPSA) is 52.1 Å². The molecule has 0 radical (unpaired) electrons. The van der Waals surface area contributed by atoms with E-state index in [1.807, 2.05) is 24.5 Å². The van der Waals surface area contributed by atoms with Crippen molar-refractivity contribution >= 4 is 29.3 Å². The van der Waals surface area contributed by atoms with Crippen molar-refractivity contribution in [3.8, 4) is 11.1 Å². The molecular formula is C14H13ClN2O2S. The quantitative estimate of drug-likeness (QED) is 0.490. The van der Waals surface area contributed by atoms with Crippen LogP contribution < -0.4 is 0 Å². The molecule has 0 fully saturated rings. The largest absolute Gasteiger partial charge is 0.461 e. The second-order valence-electron chi connectivity index (χ2n) is 3.82. The van der Waals surface area contributed by atoms with E-state index in [0.29, 0.717) is 27.9 Å². The molecule has 0 saturated heterocycles. The highest BCUT2D eigenvalue weighted by molar-refractivity contribution is 7.98. The second-order valence-corrected chi connectivity index (χ2v) is 5.00. The predicted molar refractivity (Wildman–Crippen MR) is 80.2 cm³/mol. The van der Waals surface area contributed by atoms with Crippen LogP contribution in [0.4, 0.5) is 0 Å². The standard InChI is InChI=1S/C14H13ClN2O2S/c1-3-19-13(18)12-10(8-16-14(17-12)20-2)9-6-4-5-7-11(9)15/h4-8H,3H2,1-2H3. The summed E-state index contributed by atoms with van der Waals surface area (Å²) >= 11 is 7.54. The van der Waals surface area contributed by atoms with Gasteiger partial charge in [-0.05, 0) is 19.2 Å². The van der Waals surface area contributed by atoms with Gasteiger partial charge >= 0.3 is 5.97 Å². The van der Waals surface area contributed by atoms with Gasteiger partial charge < -0.3 is 4.74 Å². The van der Waals surface area contributed by atoms with Crippen LogP contribution in [0, 0.1) is 0 Å². The number of hydrogen-bond donors (Lipinski definition) is 0. The van der Waals surface area contributed by atoms with Gasteiger partial charge in [-0.15, -0.1) is 0 Å². The number of carbonyl (C=O) groups is 1. The van der Waals surface area contributed by atoms with Gasteiger partial charge in [0.1, 0.15) is 0 Å². The number of esters is 1. The first-order chi connectivity index (χ1) is 9.67. The van der Waals surface area contributed by atoms with E-state index in [0.717, 1.165) is 0 Å². The molecule has 0 aliphatic carbocycles. The van der Waals surface area contributed by atoms with E-state index in [-0.39, 0.29) is 5.69 Å². The summed E-state index contributed by atoms with van der Waals surface area (Å²) in [4.78, 5) is 20.5. The van der Waals surface area contributed by atoms with Crippen molar-refractivity contribution < 1.29 is 9.53 Å². The van der Waals surface area contributed by atoms with Gasteiger partial charge in [-0.3, -0.25) is 0 Å². The molecule has 0 bridgehead atoms. The van der Waals surface area contributed by atoms with Crippen LogP contribution in [-0.2, 0) is 4.74 Å². The lowest BCUT2D eigenvalue weighted by Gasteiger charge is -2.10. The van der Waals surface area contributed by atoms with Crippen LogP contribution in [0.2, 0.25) is 5.02 Å². The van der Waals surface area contributed by atoms with Crippen molar-refractivity contribution in [3.05, 3.63) is 41.2 Å². The van der Waals surface area contributed by atoms with Gasteiger partial charge in [-0.25, -0.2) is 14.8 Å². The summed E-state index contributed by atoms with van der Waals surface area (Å²) in [7, 11) is 0. The van der Waals surface area contributed by atoms with E-state index < -0.39 is 5.97 Å². The van der Waals surface area contributed by atoms with E-state index in [9.17, 15) is 4.79 Å². The average molecular weight is 309 g/mol. The number of aromatic nitrogens is 2. The second kappa shape index (κ2) is 6.72. The van der Waals surface area contributed by atoms with Crippen LogP contribution in [-0.4, -0.2) is 28.8 Å². The molecule has 1 aromatic heterocycles. The third-order valence-electron chi connectivity index (χ3n) is 2.58. The summed E-state index contributed by atoms with van der Waals surface area (Å²) < 4.78 is 5.05. The smallest absolute Gasteiger partial charge is 0.357 e. The fraction of sp³-hybridized carbons (Fsp3) is 0.214. The van der Waals surface area contributed by atoms with Crippen LogP contribution in [0.5, 0.6) is 0 Å². The van der Waals surface area contributed by atoms with Gasteiger partial charge in [0.15, 0.2) is 10.9 Å². The molecule has 0 atom stereocenters. The normalized spacial score (nSPS) is 10.3. The van der Waals surface area contributed by atoms with Crippen molar-refractivity contribution in [2.75, 3.05) is 12.9 Å². The fourth-order valence-corrected chi connectivity index (χ4v) is 2.27. The molecule has 0 N–H and O–H groups in total. The van der Waals surface area contributed by atoms with Crippen molar-refractivity contribution in [3.63, 3.8) is 0 Å². The Kier molecular flexibility index (Phi) is 4.98. The van der Waals surface area contributed by atoms with E-state index in [4.69, 9.17) is 16.3 Å². The lowest BCUT2D eigenvalue weighted by molar-refractivity contribution is 0.0519. The van der Waals surface area contributed by atoms with E-state index in [1.54, 1.807) is 19.2 Å². The van der Waals surface area contributed by atoms with E-state index in [1.165, 1.54) is 11.8 Å². The first-order valence-electron chi connectivity index (χ1n) is 6.00. The van der Waals surface area contributed by atoms with Crippen LogP contribution in [0.1, 0.15) is 17.4 Å². The highest BCUT2D eigenvalue weighted by Crippen LogP contribution is 2.30. The average Bonchev–Trinajstić information content (AvgIpc) is 2.47. The van der Waals surface area contributed by atoms with Gasteiger partial charge in [0.25, 0.3) is 0 Å². The number of benzene rings is 1. The molecule has 20 heavy (non-hydrogen) atoms. The Morgan fingerprint density at radius 2 is 2.10 bits per heavy atom. The van der Waals surface area contributed by atoms with Crippen LogP contribution >= 0.6 is 23.4 Å². The molecule has 0 aliphatic heterocycles. The minimum absolute atomic E-state index is 0.235. The molecule has 4 nitrogen and oxygen atoms in total. The highest BCUT2D eigenvalue weighted by atomic mass is 35.5. The number of rotatable bonds is 4. The predicted octanol–water partition coefficient (Wildman–Crippen LogP) is 3.70. The third kappa shape index (κ3) is 3.11. The molecule has 0 saturated carbocycles. The molecule has 0 aliphatic rings. The van der Waals surface area contributed by atoms with E-state index >= 15 is 0 Å². The minimum Gasteiger partial charge on any atom is -0.461 e. The molecule has 0 amide bonds. The van der Waals surface area contributed by atoms with Gasteiger partial charge in [0, 0.05) is 22.3 Å². The minimum atomic E-state index is -0.472. The Bertz CT molecular complexity index is 634. The zero-order valence-corrected chi connectivity index (χ0v) is 12.7. The van der Waals surface area contributed by atoms with Crippen LogP contribution in [0.3, 0.4) is 0 Å². The van der Waals surface area contributed by atoms with Crippen molar-refractivity contribution in [1.29, 1.82) is 0 Å². The SMILES string of the molecule is CCOC(=O)c1nc(SC)ncc1-c1ccccc1Cl. The Morgan fingerprint density at radius 1 is 1.35 bits per heavy atom. The first-order valence-corrected chi connectivity index (χ1v) is 7.60. The zero-order valence-electron chi connectivity index (χ0n) is 11.1. The summed E-state index contributed by atoms with van der Waals surface area (Å²) in [6, 6.07) is 7.25. The molecule has 0 unspecified atom stereocenters. The number of ether oxygens (including phenoxy) is 1. The number of thioether (sulfide) groups is 1. The maximum atomic E-state index is 12.1. The van der Waals surface area contributed by atoms with Crippen molar-refractivity contribution in [1.82, 2.24) is 9.97 Å². The Labute approximate surface area is 126 Å². The molecular weight excluding hydrogens is 296 g/mol. The molecule has 1 aromatic carbocycles. The van der Waals surface area contributed by atoms with Crippen molar-refractivity contribution in [2.24, 2.45) is 0 Å². The fourth-order valence-electron chi connectivity index (χ4n) is 1.70. The van der Waals surface area contributed by atoms with Crippen molar-refractivity contribution in [2.45, 2.75) is 12.1 Å². The summed E-state index contributed by atoms with van der Waals surface area (Å²) in [5.41, 5.74) is 1.52. The molecule has 6 heteroatoms. The summed E-state index contributed by atoms with van der Waals surface area (Å²) in [6.07, 6.45) is 3.45.